The van der Waals surface area contributed by atoms with Crippen LogP contribution in [0.2, 0.25) is 0 Å². The van der Waals surface area contributed by atoms with Crippen molar-refractivity contribution in [3.8, 4) is 0 Å². The highest BCUT2D eigenvalue weighted by Crippen LogP contribution is 2.21. The van der Waals surface area contributed by atoms with Crippen molar-refractivity contribution in [3.05, 3.63) is 71.8 Å². The first-order valence-electron chi connectivity index (χ1n) is 11.4. The molecule has 35 heavy (non-hydrogen) atoms. The Hall–Kier alpha value is -3.13. The van der Waals surface area contributed by atoms with E-state index in [-0.39, 0.29) is 19.4 Å². The van der Waals surface area contributed by atoms with Crippen LogP contribution in [0.4, 0.5) is 8.78 Å². The number of hydrogen-bond acceptors (Lipinski definition) is 5. The van der Waals surface area contributed by atoms with E-state index in [4.69, 9.17) is 15.6 Å². The van der Waals surface area contributed by atoms with E-state index in [1.54, 1.807) is 6.92 Å². The Kier molecular flexibility index (Phi) is 11.7. The SMILES string of the molecule is CC(C)(F)CC(N)C(=O)O.CCOC(=O)C(CC(C)(C)F)N=C(c1ccccc1)c1ccccc1. The molecule has 0 bridgehead atoms. The lowest BCUT2D eigenvalue weighted by atomic mass is 9.98. The standard InChI is InChI=1S/C21H24FNO2.C6H12FNO2/c1-4-25-20(24)18(15-21(2,3)22)23-19(16-11-7-5-8-12-16)17-13-9-6-10-14-17;1-6(2,7)3-4(8)5(9)10/h5-14,18H,4,15H2,1-3H3;4H,3,8H2,1-2H3,(H,9,10). The Morgan fingerprint density at radius 2 is 1.34 bits per heavy atom. The molecule has 0 aliphatic carbocycles. The van der Waals surface area contributed by atoms with Crippen LogP contribution in [0.3, 0.4) is 0 Å². The molecule has 2 aromatic carbocycles. The smallest absolute Gasteiger partial charge is 0.330 e. The number of nitrogens with two attached hydrogens (primary N) is 1. The number of benzene rings is 2. The third-order valence-corrected chi connectivity index (χ3v) is 4.64. The number of rotatable bonds is 10. The molecule has 0 saturated carbocycles. The molecular weight excluding hydrogens is 454 g/mol. The lowest BCUT2D eigenvalue weighted by molar-refractivity contribution is -0.145. The van der Waals surface area contributed by atoms with Crippen molar-refractivity contribution >= 4 is 17.7 Å². The van der Waals surface area contributed by atoms with Gasteiger partial charge in [-0.2, -0.15) is 0 Å². The van der Waals surface area contributed by atoms with Gasteiger partial charge in [0.2, 0.25) is 0 Å². The molecule has 0 aliphatic heterocycles. The quantitative estimate of drug-likeness (QED) is 0.355. The molecule has 6 nitrogen and oxygen atoms in total. The fraction of sp³-hybridized carbons (Fsp3) is 0.444. The number of ether oxygens (including phenoxy) is 1. The lowest BCUT2D eigenvalue weighted by Gasteiger charge is -2.20. The minimum atomic E-state index is -1.53. The van der Waals surface area contributed by atoms with Crippen molar-refractivity contribution in [2.45, 2.75) is 70.9 Å². The molecule has 0 aliphatic rings. The fourth-order valence-corrected chi connectivity index (χ4v) is 3.15. The van der Waals surface area contributed by atoms with E-state index in [0.29, 0.717) is 5.71 Å². The Bertz CT molecular complexity index is 911. The van der Waals surface area contributed by atoms with Gasteiger partial charge in [0.05, 0.1) is 12.3 Å². The van der Waals surface area contributed by atoms with E-state index in [0.717, 1.165) is 11.1 Å². The Labute approximate surface area is 206 Å². The number of carboxylic acid groups (broad SMARTS) is 1. The fourth-order valence-electron chi connectivity index (χ4n) is 3.15. The Morgan fingerprint density at radius 1 is 0.914 bits per heavy atom. The molecule has 192 valence electrons. The summed E-state index contributed by atoms with van der Waals surface area (Å²) < 4.78 is 32.0. The van der Waals surface area contributed by atoms with Gasteiger partial charge >= 0.3 is 11.9 Å². The molecule has 0 fully saturated rings. The van der Waals surface area contributed by atoms with Crippen molar-refractivity contribution in [2.75, 3.05) is 6.61 Å². The highest BCUT2D eigenvalue weighted by Gasteiger charge is 2.29. The molecule has 0 spiro atoms. The first-order chi connectivity index (χ1) is 16.2. The molecule has 0 radical (unpaired) electrons. The predicted molar refractivity (Wildman–Crippen MR) is 134 cm³/mol. The highest BCUT2D eigenvalue weighted by molar-refractivity contribution is 6.13. The molecule has 0 amide bonds. The maximum atomic E-state index is 14.2. The summed E-state index contributed by atoms with van der Waals surface area (Å²) in [5.74, 6) is -1.66. The number of carbonyl (C=O) groups is 2. The normalized spacial score (nSPS) is 13.0. The van der Waals surface area contributed by atoms with Gasteiger partial charge < -0.3 is 15.6 Å². The summed E-state index contributed by atoms with van der Waals surface area (Å²) in [5.41, 5.74) is 4.44. The zero-order chi connectivity index (χ0) is 26.6. The van der Waals surface area contributed by atoms with Gasteiger partial charge in [-0.1, -0.05) is 60.7 Å². The summed E-state index contributed by atoms with van der Waals surface area (Å²) in [6.07, 6.45) is -0.183. The minimum Gasteiger partial charge on any atom is -0.480 e. The average Bonchev–Trinajstić information content (AvgIpc) is 2.76. The van der Waals surface area contributed by atoms with Crippen LogP contribution in [0.25, 0.3) is 0 Å². The molecule has 0 heterocycles. The van der Waals surface area contributed by atoms with Crippen molar-refractivity contribution < 1.29 is 28.2 Å². The molecule has 0 saturated heterocycles. The summed E-state index contributed by atoms with van der Waals surface area (Å²) in [6.45, 7) is 7.46. The van der Waals surface area contributed by atoms with Crippen LogP contribution in [0.1, 0.15) is 58.6 Å². The first-order valence-corrected chi connectivity index (χ1v) is 11.4. The van der Waals surface area contributed by atoms with Crippen molar-refractivity contribution in [1.29, 1.82) is 0 Å². The van der Waals surface area contributed by atoms with E-state index in [1.165, 1.54) is 27.7 Å². The van der Waals surface area contributed by atoms with E-state index >= 15 is 0 Å². The van der Waals surface area contributed by atoms with Crippen molar-refractivity contribution in [2.24, 2.45) is 10.7 Å². The van der Waals surface area contributed by atoms with Gasteiger partial charge in [0, 0.05) is 24.0 Å². The van der Waals surface area contributed by atoms with Crippen LogP contribution >= 0.6 is 0 Å². The number of nitrogens with zero attached hydrogens (tertiary/aromatic N) is 1. The number of esters is 1. The summed E-state index contributed by atoms with van der Waals surface area (Å²) in [7, 11) is 0. The van der Waals surface area contributed by atoms with Crippen LogP contribution < -0.4 is 5.73 Å². The largest absolute Gasteiger partial charge is 0.480 e. The number of aliphatic carboxylic acids is 1. The monoisotopic (exact) mass is 490 g/mol. The number of carboxylic acids is 1. The van der Waals surface area contributed by atoms with Gasteiger partial charge in [-0.05, 0) is 34.6 Å². The number of aliphatic imine (C=N–C) groups is 1. The average molecular weight is 491 g/mol. The molecule has 2 unspecified atom stereocenters. The Morgan fingerprint density at radius 3 is 1.66 bits per heavy atom. The maximum absolute atomic E-state index is 14.2. The molecule has 2 atom stereocenters. The second-order valence-corrected chi connectivity index (χ2v) is 9.27. The third kappa shape index (κ3) is 12.2. The summed E-state index contributed by atoms with van der Waals surface area (Å²) in [6, 6.07) is 17.2. The third-order valence-electron chi connectivity index (χ3n) is 4.64. The summed E-state index contributed by atoms with van der Waals surface area (Å²) in [5, 5.41) is 8.25. The van der Waals surface area contributed by atoms with Gasteiger partial charge in [-0.3, -0.25) is 9.79 Å². The van der Waals surface area contributed by atoms with Crippen LogP contribution in [-0.4, -0.2) is 52.8 Å². The topological polar surface area (TPSA) is 102 Å². The van der Waals surface area contributed by atoms with Crippen LogP contribution in [0.5, 0.6) is 0 Å². The maximum Gasteiger partial charge on any atom is 0.330 e. The molecular formula is C27H36F2N2O4. The predicted octanol–water partition coefficient (Wildman–Crippen LogP) is 5.13. The number of halogens is 2. The van der Waals surface area contributed by atoms with Crippen LogP contribution in [0.15, 0.2) is 65.7 Å². The van der Waals surface area contributed by atoms with Crippen molar-refractivity contribution in [1.82, 2.24) is 0 Å². The molecule has 0 aromatic heterocycles. The van der Waals surface area contributed by atoms with E-state index in [9.17, 15) is 18.4 Å². The van der Waals surface area contributed by atoms with Gasteiger partial charge in [-0.15, -0.1) is 0 Å². The van der Waals surface area contributed by atoms with Crippen molar-refractivity contribution in [3.63, 3.8) is 0 Å². The first kappa shape index (κ1) is 29.9. The second kappa shape index (κ2) is 13.7. The lowest BCUT2D eigenvalue weighted by Crippen LogP contribution is -2.35. The Balaban J connectivity index is 0.000000518. The van der Waals surface area contributed by atoms with Crippen LogP contribution in [-0.2, 0) is 14.3 Å². The molecule has 3 N–H and O–H groups in total. The molecule has 2 aromatic rings. The summed E-state index contributed by atoms with van der Waals surface area (Å²) in [4.78, 5) is 27.0. The van der Waals surface area contributed by atoms with Gasteiger partial charge in [0.25, 0.3) is 0 Å². The van der Waals surface area contributed by atoms with E-state index in [1.807, 2.05) is 60.7 Å². The van der Waals surface area contributed by atoms with E-state index < -0.39 is 35.4 Å². The van der Waals surface area contributed by atoms with Gasteiger partial charge in [0.15, 0.2) is 6.04 Å². The molecule has 8 heteroatoms. The molecule has 2 rings (SSSR count). The number of alkyl halides is 2. The number of carbonyl (C=O) groups excluding carboxylic acids is 1. The van der Waals surface area contributed by atoms with Gasteiger partial charge in [-0.25, -0.2) is 13.6 Å². The van der Waals surface area contributed by atoms with Gasteiger partial charge in [0.1, 0.15) is 17.4 Å². The zero-order valence-corrected chi connectivity index (χ0v) is 21.0. The zero-order valence-electron chi connectivity index (χ0n) is 21.0. The van der Waals surface area contributed by atoms with E-state index in [2.05, 4.69) is 4.99 Å². The second-order valence-electron chi connectivity index (χ2n) is 9.27. The minimum absolute atomic E-state index is 0.0327. The highest BCUT2D eigenvalue weighted by atomic mass is 19.1. The summed E-state index contributed by atoms with van der Waals surface area (Å²) >= 11 is 0. The number of hydrogen-bond donors (Lipinski definition) is 2. The van der Waals surface area contributed by atoms with Crippen LogP contribution in [0, 0.1) is 0 Å².